The molecule has 1 fully saturated rings. The van der Waals surface area contributed by atoms with Gasteiger partial charge in [0.05, 0.1) is 11.4 Å². The Labute approximate surface area is 124 Å². The zero-order chi connectivity index (χ0) is 14.9. The molecule has 1 aromatic heterocycles. The van der Waals surface area contributed by atoms with Crippen LogP contribution in [0.5, 0.6) is 0 Å². The molecule has 20 heavy (non-hydrogen) atoms. The number of primary sulfonamides is 1. The van der Waals surface area contributed by atoms with Crippen LogP contribution in [0.15, 0.2) is 0 Å². The first-order valence-corrected chi connectivity index (χ1v) is 8.82. The van der Waals surface area contributed by atoms with Gasteiger partial charge in [0.1, 0.15) is 5.15 Å². The van der Waals surface area contributed by atoms with Crippen LogP contribution in [0, 0.1) is 6.92 Å². The molecule has 0 aromatic carbocycles. The number of aryl methyl sites for hydroxylation is 2. The Bertz CT molecular complexity index is 585. The van der Waals surface area contributed by atoms with Crippen LogP contribution in [0.3, 0.4) is 0 Å². The van der Waals surface area contributed by atoms with Crippen molar-refractivity contribution in [1.29, 1.82) is 0 Å². The molecule has 0 saturated carbocycles. The highest BCUT2D eigenvalue weighted by molar-refractivity contribution is 7.89. The van der Waals surface area contributed by atoms with Crippen LogP contribution in [0.25, 0.3) is 0 Å². The molecule has 114 valence electrons. The number of nitrogens with zero attached hydrogens (tertiary/aromatic N) is 3. The third-order valence-electron chi connectivity index (χ3n) is 3.77. The largest absolute Gasteiger partial charge is 0.296 e. The molecule has 0 radical (unpaired) electrons. The van der Waals surface area contributed by atoms with E-state index in [2.05, 4.69) is 10.00 Å². The van der Waals surface area contributed by atoms with E-state index in [1.54, 1.807) is 4.68 Å². The van der Waals surface area contributed by atoms with Gasteiger partial charge in [-0.25, -0.2) is 13.6 Å². The molecule has 1 aliphatic heterocycles. The van der Waals surface area contributed by atoms with Gasteiger partial charge in [0.15, 0.2) is 0 Å². The van der Waals surface area contributed by atoms with Gasteiger partial charge >= 0.3 is 0 Å². The van der Waals surface area contributed by atoms with Gasteiger partial charge in [-0.2, -0.15) is 5.10 Å². The van der Waals surface area contributed by atoms with Crippen LogP contribution in [0.4, 0.5) is 0 Å². The Morgan fingerprint density at radius 1 is 1.50 bits per heavy atom. The molecule has 2 rings (SSSR count). The Morgan fingerprint density at radius 3 is 2.75 bits per heavy atom. The van der Waals surface area contributed by atoms with Crippen molar-refractivity contribution in [3.05, 3.63) is 16.4 Å². The van der Waals surface area contributed by atoms with Crippen molar-refractivity contribution in [1.82, 2.24) is 14.7 Å². The minimum Gasteiger partial charge on any atom is -0.296 e. The number of hydrogen-bond donors (Lipinski definition) is 1. The number of likely N-dealkylation sites (tertiary alicyclic amines) is 1. The summed E-state index contributed by atoms with van der Waals surface area (Å²) in [6.45, 7) is 3.63. The molecule has 1 saturated heterocycles. The number of hydrogen-bond acceptors (Lipinski definition) is 4. The van der Waals surface area contributed by atoms with Crippen molar-refractivity contribution < 1.29 is 8.42 Å². The molecular formula is C12H21ClN4O2S. The Morgan fingerprint density at radius 2 is 2.20 bits per heavy atom. The number of aromatic nitrogens is 2. The highest BCUT2D eigenvalue weighted by Gasteiger charge is 2.30. The molecular weight excluding hydrogens is 300 g/mol. The van der Waals surface area contributed by atoms with Gasteiger partial charge < -0.3 is 0 Å². The van der Waals surface area contributed by atoms with Gasteiger partial charge in [-0.15, -0.1) is 0 Å². The summed E-state index contributed by atoms with van der Waals surface area (Å²) >= 11 is 6.32. The predicted molar refractivity (Wildman–Crippen MR) is 79.1 cm³/mol. The summed E-state index contributed by atoms with van der Waals surface area (Å²) in [5.41, 5.74) is 2.02. The van der Waals surface area contributed by atoms with Crippen molar-refractivity contribution in [2.45, 2.75) is 32.2 Å². The minimum atomic E-state index is -3.38. The fourth-order valence-corrected chi connectivity index (χ4v) is 3.75. The molecule has 8 heteroatoms. The molecule has 6 nitrogen and oxygen atoms in total. The molecule has 0 spiro atoms. The van der Waals surface area contributed by atoms with E-state index in [-0.39, 0.29) is 11.8 Å². The lowest BCUT2D eigenvalue weighted by atomic mass is 10.1. The minimum absolute atomic E-state index is 0.0238. The molecule has 1 atom stereocenters. The molecule has 1 unspecified atom stereocenters. The maximum Gasteiger partial charge on any atom is 0.209 e. The second-order valence-corrected chi connectivity index (χ2v) is 7.42. The van der Waals surface area contributed by atoms with Gasteiger partial charge in [-0.3, -0.25) is 9.58 Å². The lowest BCUT2D eigenvalue weighted by Crippen LogP contribution is -2.27. The lowest BCUT2D eigenvalue weighted by Gasteiger charge is -2.24. The first-order chi connectivity index (χ1) is 9.29. The topological polar surface area (TPSA) is 81.2 Å². The third kappa shape index (κ3) is 3.52. The zero-order valence-corrected chi connectivity index (χ0v) is 13.4. The number of rotatable bonds is 5. The first-order valence-electron chi connectivity index (χ1n) is 6.73. The van der Waals surface area contributed by atoms with Crippen LogP contribution in [-0.2, 0) is 17.1 Å². The van der Waals surface area contributed by atoms with Crippen LogP contribution >= 0.6 is 11.6 Å². The molecule has 0 bridgehead atoms. The lowest BCUT2D eigenvalue weighted by molar-refractivity contribution is 0.257. The second-order valence-electron chi connectivity index (χ2n) is 5.33. The number of nitrogens with two attached hydrogens (primary N) is 1. The average molecular weight is 321 g/mol. The van der Waals surface area contributed by atoms with E-state index in [1.165, 1.54) is 0 Å². The summed E-state index contributed by atoms with van der Waals surface area (Å²) in [7, 11) is -1.55. The fourth-order valence-electron chi connectivity index (χ4n) is 2.91. The normalized spacial score (nSPS) is 20.7. The van der Waals surface area contributed by atoms with E-state index in [1.807, 2.05) is 14.0 Å². The van der Waals surface area contributed by atoms with Gasteiger partial charge in [-0.05, 0) is 39.3 Å². The van der Waals surface area contributed by atoms with Crippen LogP contribution in [0.2, 0.25) is 5.15 Å². The maximum absolute atomic E-state index is 11.0. The average Bonchev–Trinajstić information content (AvgIpc) is 2.84. The van der Waals surface area contributed by atoms with E-state index >= 15 is 0 Å². The standard InChI is InChI=1S/C12H21ClN4O2S/c1-9-11(12(13)16(2)15-9)10-5-3-6-17(10)7-4-8-20(14,18)19/h10H,3-8H2,1-2H3,(H2,14,18,19). The highest BCUT2D eigenvalue weighted by Crippen LogP contribution is 2.37. The third-order valence-corrected chi connectivity index (χ3v) is 5.07. The summed E-state index contributed by atoms with van der Waals surface area (Å²) in [5, 5.41) is 10.1. The maximum atomic E-state index is 11.0. The summed E-state index contributed by atoms with van der Waals surface area (Å²) in [4.78, 5) is 2.28. The SMILES string of the molecule is Cc1nn(C)c(Cl)c1C1CCCN1CCCS(N)(=O)=O. The van der Waals surface area contributed by atoms with Crippen molar-refractivity contribution >= 4 is 21.6 Å². The van der Waals surface area contributed by atoms with E-state index in [0.717, 1.165) is 30.6 Å². The quantitative estimate of drug-likeness (QED) is 0.883. The Kier molecular flexibility index (Phi) is 4.73. The molecule has 1 aliphatic rings. The van der Waals surface area contributed by atoms with Crippen molar-refractivity contribution in [3.8, 4) is 0 Å². The fraction of sp³-hybridized carbons (Fsp3) is 0.750. The van der Waals surface area contributed by atoms with Gasteiger partial charge in [-0.1, -0.05) is 11.6 Å². The van der Waals surface area contributed by atoms with Crippen molar-refractivity contribution in [3.63, 3.8) is 0 Å². The van der Waals surface area contributed by atoms with E-state index in [9.17, 15) is 8.42 Å². The molecule has 0 amide bonds. The zero-order valence-electron chi connectivity index (χ0n) is 11.8. The van der Waals surface area contributed by atoms with Gasteiger partial charge in [0.25, 0.3) is 0 Å². The van der Waals surface area contributed by atoms with Crippen LogP contribution in [-0.4, -0.2) is 41.9 Å². The van der Waals surface area contributed by atoms with E-state index in [4.69, 9.17) is 16.7 Å². The summed E-state index contributed by atoms with van der Waals surface area (Å²) in [5.74, 6) is 0.0238. The highest BCUT2D eigenvalue weighted by atomic mass is 35.5. The summed E-state index contributed by atoms with van der Waals surface area (Å²) < 4.78 is 23.7. The Hall–Kier alpha value is -0.630. The van der Waals surface area contributed by atoms with Crippen molar-refractivity contribution in [2.24, 2.45) is 12.2 Å². The number of halogens is 1. The monoisotopic (exact) mass is 320 g/mol. The second kappa shape index (κ2) is 6.01. The van der Waals surface area contributed by atoms with Crippen molar-refractivity contribution in [2.75, 3.05) is 18.8 Å². The van der Waals surface area contributed by atoms with Gasteiger partial charge in [0.2, 0.25) is 10.0 Å². The van der Waals surface area contributed by atoms with Crippen LogP contribution in [0.1, 0.15) is 36.6 Å². The molecule has 0 aliphatic carbocycles. The summed E-state index contributed by atoms with van der Waals surface area (Å²) in [6, 6.07) is 0.233. The first kappa shape index (κ1) is 15.8. The molecule has 2 N–H and O–H groups in total. The molecule has 2 heterocycles. The van der Waals surface area contributed by atoms with Gasteiger partial charge in [0, 0.05) is 18.7 Å². The van der Waals surface area contributed by atoms with E-state index < -0.39 is 10.0 Å². The summed E-state index contributed by atoms with van der Waals surface area (Å²) in [6.07, 6.45) is 2.67. The van der Waals surface area contributed by atoms with E-state index in [0.29, 0.717) is 18.1 Å². The molecule has 1 aromatic rings. The predicted octanol–water partition coefficient (Wildman–Crippen LogP) is 1.20. The smallest absolute Gasteiger partial charge is 0.209 e. The van der Waals surface area contributed by atoms with Crippen LogP contribution < -0.4 is 5.14 Å². The Balaban J connectivity index is 2.07. The number of sulfonamides is 1.